The standard InChI is InChI=1S/C10H22N2O3S/c1-11-5-4-10(8-11)9-12(2)16(14,15)7-3-6-13/h10,13H,3-9H2,1-2H3. The molecule has 0 amide bonds. The maximum Gasteiger partial charge on any atom is 0.213 e. The summed E-state index contributed by atoms with van der Waals surface area (Å²) in [5.41, 5.74) is 0. The van der Waals surface area contributed by atoms with Crippen molar-refractivity contribution in [2.45, 2.75) is 12.8 Å². The summed E-state index contributed by atoms with van der Waals surface area (Å²) in [4.78, 5) is 2.22. The van der Waals surface area contributed by atoms with Gasteiger partial charge in [-0.2, -0.15) is 0 Å². The van der Waals surface area contributed by atoms with Crippen molar-refractivity contribution in [1.29, 1.82) is 0 Å². The molecule has 1 fully saturated rings. The summed E-state index contributed by atoms with van der Waals surface area (Å²) < 4.78 is 25.0. The van der Waals surface area contributed by atoms with Gasteiger partial charge in [0, 0.05) is 26.7 Å². The number of aliphatic hydroxyl groups is 1. The molecule has 96 valence electrons. The van der Waals surface area contributed by atoms with Gasteiger partial charge in [-0.3, -0.25) is 0 Å². The molecule has 0 spiro atoms. The van der Waals surface area contributed by atoms with E-state index in [0.717, 1.165) is 19.5 Å². The van der Waals surface area contributed by atoms with E-state index in [1.54, 1.807) is 7.05 Å². The Balaban J connectivity index is 2.41. The van der Waals surface area contributed by atoms with Crippen molar-refractivity contribution in [3.63, 3.8) is 0 Å². The molecule has 1 aliphatic heterocycles. The molecule has 0 bridgehead atoms. The molecule has 16 heavy (non-hydrogen) atoms. The Morgan fingerprint density at radius 3 is 2.69 bits per heavy atom. The molecule has 0 aromatic rings. The van der Waals surface area contributed by atoms with Crippen LogP contribution < -0.4 is 0 Å². The summed E-state index contributed by atoms with van der Waals surface area (Å²) in [6.45, 7) is 2.55. The molecule has 1 atom stereocenters. The Morgan fingerprint density at radius 1 is 1.50 bits per heavy atom. The number of sulfonamides is 1. The fourth-order valence-corrected chi connectivity index (χ4v) is 3.30. The number of aliphatic hydroxyl groups excluding tert-OH is 1. The monoisotopic (exact) mass is 250 g/mol. The van der Waals surface area contributed by atoms with E-state index in [0.29, 0.717) is 18.9 Å². The second kappa shape index (κ2) is 5.95. The minimum atomic E-state index is -3.17. The largest absolute Gasteiger partial charge is 0.396 e. The molecule has 0 aliphatic carbocycles. The number of hydrogen-bond acceptors (Lipinski definition) is 4. The van der Waals surface area contributed by atoms with Gasteiger partial charge < -0.3 is 10.0 Å². The van der Waals surface area contributed by atoms with Gasteiger partial charge in [0.25, 0.3) is 0 Å². The van der Waals surface area contributed by atoms with E-state index in [1.165, 1.54) is 4.31 Å². The van der Waals surface area contributed by atoms with Crippen LogP contribution in [-0.2, 0) is 10.0 Å². The van der Waals surface area contributed by atoms with E-state index >= 15 is 0 Å². The first-order chi connectivity index (χ1) is 7.45. The minimum Gasteiger partial charge on any atom is -0.396 e. The van der Waals surface area contributed by atoms with Crippen LogP contribution in [0.4, 0.5) is 0 Å². The Hall–Kier alpha value is -0.170. The molecule has 1 rings (SSSR count). The second-order valence-corrected chi connectivity index (χ2v) is 6.79. The third kappa shape index (κ3) is 4.01. The molecular formula is C10H22N2O3S. The van der Waals surface area contributed by atoms with Gasteiger partial charge in [0.1, 0.15) is 0 Å². The maximum atomic E-state index is 11.8. The highest BCUT2D eigenvalue weighted by Crippen LogP contribution is 2.16. The van der Waals surface area contributed by atoms with Crippen LogP contribution in [0.15, 0.2) is 0 Å². The summed E-state index contributed by atoms with van der Waals surface area (Å²) in [6, 6.07) is 0. The van der Waals surface area contributed by atoms with Crippen LogP contribution in [0.5, 0.6) is 0 Å². The predicted octanol–water partition coefficient (Wildman–Crippen LogP) is -0.418. The van der Waals surface area contributed by atoms with Crippen LogP contribution in [0.1, 0.15) is 12.8 Å². The lowest BCUT2D eigenvalue weighted by Crippen LogP contribution is -2.34. The smallest absolute Gasteiger partial charge is 0.213 e. The number of likely N-dealkylation sites (tertiary alicyclic amines) is 1. The van der Waals surface area contributed by atoms with E-state index in [-0.39, 0.29) is 12.4 Å². The van der Waals surface area contributed by atoms with Crippen LogP contribution in [0.2, 0.25) is 0 Å². The van der Waals surface area contributed by atoms with Crippen LogP contribution in [0.25, 0.3) is 0 Å². The molecule has 1 saturated heterocycles. The summed E-state index contributed by atoms with van der Waals surface area (Å²) in [6.07, 6.45) is 1.38. The minimum absolute atomic E-state index is 0.0442. The third-order valence-electron chi connectivity index (χ3n) is 3.04. The molecule has 0 aromatic heterocycles. The summed E-state index contributed by atoms with van der Waals surface area (Å²) in [5.74, 6) is 0.488. The molecule has 6 heteroatoms. The molecule has 0 saturated carbocycles. The second-order valence-electron chi connectivity index (χ2n) is 4.59. The lowest BCUT2D eigenvalue weighted by atomic mass is 10.1. The van der Waals surface area contributed by atoms with Gasteiger partial charge >= 0.3 is 0 Å². The van der Waals surface area contributed by atoms with Crippen molar-refractivity contribution in [1.82, 2.24) is 9.21 Å². The molecule has 1 unspecified atom stereocenters. The van der Waals surface area contributed by atoms with E-state index in [4.69, 9.17) is 5.11 Å². The fraction of sp³-hybridized carbons (Fsp3) is 1.00. The van der Waals surface area contributed by atoms with Crippen molar-refractivity contribution in [3.8, 4) is 0 Å². The first-order valence-electron chi connectivity index (χ1n) is 5.69. The van der Waals surface area contributed by atoms with Crippen molar-refractivity contribution in [3.05, 3.63) is 0 Å². The molecule has 0 aromatic carbocycles. The fourth-order valence-electron chi connectivity index (χ4n) is 2.06. The normalized spacial score (nSPS) is 23.1. The number of rotatable bonds is 6. The van der Waals surface area contributed by atoms with Crippen LogP contribution in [0, 0.1) is 5.92 Å². The Morgan fingerprint density at radius 2 is 2.19 bits per heavy atom. The highest BCUT2D eigenvalue weighted by atomic mass is 32.2. The SMILES string of the molecule is CN1CCC(CN(C)S(=O)(=O)CCCO)C1. The Labute approximate surface area is 98.1 Å². The number of nitrogens with zero attached hydrogens (tertiary/aromatic N) is 2. The van der Waals surface area contributed by atoms with Gasteiger partial charge in [-0.25, -0.2) is 12.7 Å². The molecule has 5 nitrogen and oxygen atoms in total. The van der Waals surface area contributed by atoms with Gasteiger partial charge in [-0.15, -0.1) is 0 Å². The average Bonchev–Trinajstić information content (AvgIpc) is 2.61. The predicted molar refractivity (Wildman–Crippen MR) is 63.7 cm³/mol. The maximum absolute atomic E-state index is 11.8. The molecule has 0 radical (unpaired) electrons. The zero-order chi connectivity index (χ0) is 12.2. The van der Waals surface area contributed by atoms with Crippen LogP contribution in [-0.4, -0.2) is 68.8 Å². The van der Waals surface area contributed by atoms with E-state index in [9.17, 15) is 8.42 Å². The van der Waals surface area contributed by atoms with Crippen molar-refractivity contribution >= 4 is 10.0 Å². The lowest BCUT2D eigenvalue weighted by molar-refractivity contribution is 0.293. The van der Waals surface area contributed by atoms with Gasteiger partial charge in [0.2, 0.25) is 10.0 Å². The Kier molecular flexibility index (Phi) is 5.17. The van der Waals surface area contributed by atoms with Crippen molar-refractivity contribution < 1.29 is 13.5 Å². The van der Waals surface area contributed by atoms with Crippen molar-refractivity contribution in [2.75, 3.05) is 46.1 Å². The lowest BCUT2D eigenvalue weighted by Gasteiger charge is -2.20. The summed E-state index contributed by atoms with van der Waals surface area (Å²) >= 11 is 0. The van der Waals surface area contributed by atoms with Gasteiger partial charge in [0.05, 0.1) is 5.75 Å². The molecule has 1 N–H and O–H groups in total. The van der Waals surface area contributed by atoms with Gasteiger partial charge in [-0.05, 0) is 32.4 Å². The summed E-state index contributed by atoms with van der Waals surface area (Å²) in [7, 11) is 0.513. The molecular weight excluding hydrogens is 228 g/mol. The first-order valence-corrected chi connectivity index (χ1v) is 7.30. The van der Waals surface area contributed by atoms with Crippen molar-refractivity contribution in [2.24, 2.45) is 5.92 Å². The van der Waals surface area contributed by atoms with Crippen LogP contribution in [0.3, 0.4) is 0 Å². The highest BCUT2D eigenvalue weighted by molar-refractivity contribution is 7.89. The molecule has 1 aliphatic rings. The quantitative estimate of drug-likeness (QED) is 0.696. The van der Waals surface area contributed by atoms with E-state index in [2.05, 4.69) is 11.9 Å². The number of hydrogen-bond donors (Lipinski definition) is 1. The summed E-state index contributed by atoms with van der Waals surface area (Å²) in [5, 5.41) is 8.64. The Bertz CT molecular complexity index is 305. The van der Waals surface area contributed by atoms with E-state index in [1.807, 2.05) is 0 Å². The van der Waals surface area contributed by atoms with Crippen LogP contribution >= 0.6 is 0 Å². The van der Waals surface area contributed by atoms with E-state index < -0.39 is 10.0 Å². The van der Waals surface area contributed by atoms with Gasteiger partial charge in [0.15, 0.2) is 0 Å². The van der Waals surface area contributed by atoms with Gasteiger partial charge in [-0.1, -0.05) is 0 Å². The third-order valence-corrected chi connectivity index (χ3v) is 4.94. The topological polar surface area (TPSA) is 60.9 Å². The molecule has 1 heterocycles. The highest BCUT2D eigenvalue weighted by Gasteiger charge is 2.25. The average molecular weight is 250 g/mol. The first kappa shape index (κ1) is 13.9. The zero-order valence-corrected chi connectivity index (χ0v) is 10.9. The zero-order valence-electron chi connectivity index (χ0n) is 10.1.